The number of aliphatic hydroxyl groups excluding tert-OH is 1. The van der Waals surface area contributed by atoms with Crippen molar-refractivity contribution in [3.05, 3.63) is 112 Å². The smallest absolute Gasteiger partial charge is 0.300 e. The quantitative estimate of drug-likeness (QED) is 0.0138. The summed E-state index contributed by atoms with van der Waals surface area (Å²) in [6.07, 6.45) is 3.28. The van der Waals surface area contributed by atoms with Crippen LogP contribution >= 0.6 is 15.9 Å². The number of hydrogen-bond acceptors (Lipinski definition) is 17. The van der Waals surface area contributed by atoms with E-state index < -0.39 is 133 Å². The first-order chi connectivity index (χ1) is 48.2. The molecule has 3 aliphatic rings. The van der Waals surface area contributed by atoms with Crippen LogP contribution in [0.1, 0.15) is 88.8 Å². The number of para-hydroxylation sites is 1. The highest BCUT2D eigenvalue weighted by Gasteiger charge is 2.40. The van der Waals surface area contributed by atoms with Gasteiger partial charge in [0.2, 0.25) is 65.0 Å². The minimum absolute atomic E-state index is 0.0123. The van der Waals surface area contributed by atoms with Crippen molar-refractivity contribution in [3.63, 3.8) is 0 Å². The maximum atomic E-state index is 15.2. The number of guanidine groups is 1. The van der Waals surface area contributed by atoms with Crippen molar-refractivity contribution in [1.82, 2.24) is 57.7 Å². The lowest BCUT2D eigenvalue weighted by Crippen LogP contribution is -2.61. The number of carboxylic acid groups (broad SMARTS) is 1. The number of aromatic amines is 1. The van der Waals surface area contributed by atoms with Crippen LogP contribution in [0, 0.1) is 5.92 Å². The molecule has 0 radical (unpaired) electrons. The number of aromatic hydroxyl groups is 1. The zero-order valence-corrected chi connectivity index (χ0v) is 57.6. The van der Waals surface area contributed by atoms with Gasteiger partial charge < -0.3 is 90.3 Å². The van der Waals surface area contributed by atoms with Gasteiger partial charge in [0.05, 0.1) is 19.7 Å². The molecule has 0 bridgehead atoms. The number of carbonyl (C=O) groups is 12. The summed E-state index contributed by atoms with van der Waals surface area (Å²) in [5.74, 6) is -9.93. The molecule has 0 spiro atoms. The number of amides is 11. The number of hydrogen-bond donors (Lipinski definition) is 16. The Hall–Kier alpha value is -10.8. The van der Waals surface area contributed by atoms with Crippen molar-refractivity contribution in [2.45, 2.75) is 146 Å². The molecule has 4 aromatic carbocycles. The summed E-state index contributed by atoms with van der Waals surface area (Å²) < 4.78 is 0.576. The summed E-state index contributed by atoms with van der Waals surface area (Å²) in [7, 11) is 0. The number of carboxylic acids is 1. The Labute approximate surface area is 589 Å². The number of aromatic nitrogens is 1. The van der Waals surface area contributed by atoms with E-state index in [1.54, 1.807) is 50.4 Å². The Bertz CT molecular complexity index is 3950. The number of aliphatic imine (C=N–C) groups is 3. The van der Waals surface area contributed by atoms with Crippen molar-refractivity contribution < 1.29 is 72.9 Å². The van der Waals surface area contributed by atoms with E-state index in [1.165, 1.54) is 35.5 Å². The van der Waals surface area contributed by atoms with E-state index in [0.29, 0.717) is 44.2 Å². The van der Waals surface area contributed by atoms with Gasteiger partial charge in [-0.15, -0.1) is 0 Å². The van der Waals surface area contributed by atoms with Crippen LogP contribution in [0.5, 0.6) is 5.75 Å². The van der Waals surface area contributed by atoms with Crippen LogP contribution in [0.4, 0.5) is 0 Å². The molecule has 32 nitrogen and oxygen atoms in total. The Kier molecular flexibility index (Phi) is 28.7. The Balaban J connectivity index is 0.00000348. The van der Waals surface area contributed by atoms with Crippen LogP contribution in [0.3, 0.4) is 0 Å². The lowest BCUT2D eigenvalue weighted by atomic mass is 9.98. The second-order valence-electron chi connectivity index (χ2n) is 25.0. The molecule has 1 aromatic heterocycles. The number of H-pyrrole nitrogens is 1. The van der Waals surface area contributed by atoms with E-state index in [2.05, 4.69) is 83.7 Å². The molecule has 2 saturated heterocycles. The zero-order valence-electron chi connectivity index (χ0n) is 56.0. The fourth-order valence-electron chi connectivity index (χ4n) is 11.7. The first-order valence-corrected chi connectivity index (χ1v) is 33.6. The second-order valence-corrected chi connectivity index (χ2v) is 25.8. The van der Waals surface area contributed by atoms with Crippen molar-refractivity contribution in [2.75, 3.05) is 32.8 Å². The normalized spacial score (nSPS) is 16.7. The Morgan fingerprint density at radius 1 is 0.683 bits per heavy atom. The molecule has 2 fully saturated rings. The van der Waals surface area contributed by atoms with Crippen molar-refractivity contribution in [1.29, 1.82) is 0 Å². The molecule has 19 N–H and O–H groups in total. The Morgan fingerprint density at radius 3 is 1.86 bits per heavy atom. The number of nitrogens with two attached hydrogens (primary N) is 3. The number of rotatable bonds is 33. The molecule has 9 atom stereocenters. The number of phenolic OH excluding ortho intramolecular Hbond substituents is 1. The molecule has 0 aliphatic carbocycles. The zero-order chi connectivity index (χ0) is 73.4. The standard InChI is InChI=1S/C66H82BrN17O13.C2H4O2/c1-35(2)25-47(58(90)77-46(13-7-23-72-66(69)70)65(97)84-24-8-14-53(84)64(96)74-32-54(68)87)78-60(92)49(27-38-18-17-37-9-3-4-11-43(37)56(38)67)80-59(91)48(26-36-15-19-41(86)20-16-36)79-63(95)52(33-85)83-61(93)50(28-39-30-73-44-12-6-5-10-42(39)44)81-62(94)51(29-40-31-71-34-75-40)82-57(89)45-21-22-55(88)76-45;1-2(3)4/h3-6,9-12,15-20,30,34-35,45-53,73,85-86H,7-8,13-14,21-29,31-33H2,1-2H3,(H2,68,87)(H,74,96)(H,76,88)(H,77,90)(H,78,92)(H,79,95)(H,80,91)(H,81,94)(H,82,89)(H,83,93)(H4,69,70,72);1H3,(H,3,4)/t45-,46-,47-,48-,49+,50-,51-,52-,53-;/m0./s1. The lowest BCUT2D eigenvalue weighted by Gasteiger charge is -2.30. The summed E-state index contributed by atoms with van der Waals surface area (Å²) in [4.78, 5) is 180. The fraction of sp³-hybridized carbons (Fsp3) is 0.426. The first kappa shape index (κ1) is 77.5. The SMILES string of the molecule is CC(=O)O.CC(C)C[C@H](NC(=O)[C@@H](Cc1ccc2ccccc2c1Br)NC(=O)[C@H](Cc1ccc(O)cc1)NC(=O)[C@H](CO)NC(=O)[C@H](Cc1c[nH]c2ccccc12)NC(=O)[C@H](CC1=NC=NC1)NC(=O)[C@@H]1CCC(=O)N1)C(=O)N[C@@H](CCCN=C(N)N)C(=O)N1CCC[C@H]1C(=O)NCC(N)=O. The van der Waals surface area contributed by atoms with Gasteiger partial charge in [0.15, 0.2) is 5.96 Å². The molecule has 11 amide bonds. The Morgan fingerprint density at radius 2 is 1.26 bits per heavy atom. The van der Waals surface area contributed by atoms with Gasteiger partial charge in [-0.05, 0) is 106 Å². The number of carbonyl (C=O) groups excluding carboxylic acids is 11. The van der Waals surface area contributed by atoms with E-state index in [0.717, 1.165) is 17.7 Å². The summed E-state index contributed by atoms with van der Waals surface area (Å²) in [5.41, 5.74) is 19.1. The predicted molar refractivity (Wildman–Crippen MR) is 376 cm³/mol. The van der Waals surface area contributed by atoms with Crippen LogP contribution in [-0.4, -0.2) is 201 Å². The van der Waals surface area contributed by atoms with Gasteiger partial charge in [0.25, 0.3) is 5.97 Å². The number of likely N-dealkylation sites (tertiary alicyclic amines) is 1. The summed E-state index contributed by atoms with van der Waals surface area (Å²) in [6.45, 7) is 3.53. The molecule has 8 rings (SSSR count). The molecule has 0 unspecified atom stereocenters. The van der Waals surface area contributed by atoms with Gasteiger partial charge in [-0.3, -0.25) is 67.5 Å². The third-order valence-electron chi connectivity index (χ3n) is 16.7. The predicted octanol–water partition coefficient (Wildman–Crippen LogP) is -0.862. The fourth-order valence-corrected chi connectivity index (χ4v) is 12.4. The summed E-state index contributed by atoms with van der Waals surface area (Å²) in [6, 6.07) is 11.5. The molecule has 3 aliphatic heterocycles. The number of halogens is 1. The van der Waals surface area contributed by atoms with Gasteiger partial charge in [-0.25, -0.2) is 4.99 Å². The minimum Gasteiger partial charge on any atom is -0.508 e. The number of nitrogens with zero attached hydrogens (tertiary/aromatic N) is 4. The molecule has 33 heteroatoms. The maximum Gasteiger partial charge on any atom is 0.300 e. The monoisotopic (exact) mass is 1460 g/mol. The number of primary amides is 1. The van der Waals surface area contributed by atoms with Gasteiger partial charge in [0.1, 0.15) is 66.5 Å². The van der Waals surface area contributed by atoms with E-state index in [4.69, 9.17) is 27.1 Å². The topological polar surface area (TPSA) is 508 Å². The number of phenols is 1. The summed E-state index contributed by atoms with van der Waals surface area (Å²) >= 11 is 3.71. The van der Waals surface area contributed by atoms with Crippen molar-refractivity contribution in [3.8, 4) is 5.75 Å². The van der Waals surface area contributed by atoms with E-state index in [9.17, 15) is 53.4 Å². The highest BCUT2D eigenvalue weighted by molar-refractivity contribution is 9.10. The molecular weight excluding hydrogens is 1370 g/mol. The highest BCUT2D eigenvalue weighted by atomic mass is 79.9. The maximum absolute atomic E-state index is 15.2. The van der Waals surface area contributed by atoms with Crippen LogP contribution < -0.4 is 65.1 Å². The number of aliphatic hydroxyl groups is 1. The van der Waals surface area contributed by atoms with E-state index in [1.807, 2.05) is 30.3 Å². The second kappa shape index (κ2) is 37.4. The average molecular weight is 1460 g/mol. The van der Waals surface area contributed by atoms with Crippen molar-refractivity contribution >= 4 is 127 Å². The molecule has 0 saturated carbocycles. The van der Waals surface area contributed by atoms with Gasteiger partial charge in [-0.1, -0.05) is 80.6 Å². The minimum atomic E-state index is -1.81. The largest absolute Gasteiger partial charge is 0.508 e. The van der Waals surface area contributed by atoms with E-state index >= 15 is 9.59 Å². The van der Waals surface area contributed by atoms with Gasteiger partial charge >= 0.3 is 0 Å². The number of fused-ring (bicyclic) bond motifs is 2. The van der Waals surface area contributed by atoms with Gasteiger partial charge in [0, 0.05) is 79.4 Å². The summed E-state index contributed by atoms with van der Waals surface area (Å²) in [5, 5.41) is 55.0. The molecule has 101 heavy (non-hydrogen) atoms. The molecular formula is C68H86BrN17O15. The van der Waals surface area contributed by atoms with Crippen LogP contribution in [-0.2, 0) is 76.8 Å². The van der Waals surface area contributed by atoms with Crippen LogP contribution in [0.2, 0.25) is 0 Å². The number of aliphatic carboxylic acids is 1. The molecule has 5 aromatic rings. The highest BCUT2D eigenvalue weighted by Crippen LogP contribution is 2.29. The van der Waals surface area contributed by atoms with E-state index in [-0.39, 0.29) is 107 Å². The molecule has 540 valence electrons. The third-order valence-corrected chi connectivity index (χ3v) is 17.6. The number of nitrogens with one attached hydrogen (secondary N) is 10. The first-order valence-electron chi connectivity index (χ1n) is 32.8. The third kappa shape index (κ3) is 23.1. The number of benzene rings is 4. The van der Waals surface area contributed by atoms with Crippen LogP contribution in [0.25, 0.3) is 21.7 Å². The molecule has 4 heterocycles. The lowest BCUT2D eigenvalue weighted by molar-refractivity contribution is -0.142. The van der Waals surface area contributed by atoms with Gasteiger partial charge in [-0.2, -0.15) is 0 Å². The van der Waals surface area contributed by atoms with Crippen molar-refractivity contribution in [2.24, 2.45) is 38.1 Å². The van der Waals surface area contributed by atoms with Crippen LogP contribution in [0.15, 0.2) is 111 Å². The average Bonchev–Trinajstić information content (AvgIpc) is 1.65.